The second kappa shape index (κ2) is 8.40. The lowest BCUT2D eigenvalue weighted by molar-refractivity contribution is 0.150. The van der Waals surface area contributed by atoms with Crippen LogP contribution in [0.25, 0.3) is 0 Å². The van der Waals surface area contributed by atoms with Crippen LogP contribution in [0.2, 0.25) is 0 Å². The highest BCUT2D eigenvalue weighted by Gasteiger charge is 2.31. The highest BCUT2D eigenvalue weighted by Crippen LogP contribution is 2.26. The molecule has 0 radical (unpaired) electrons. The van der Waals surface area contributed by atoms with Crippen molar-refractivity contribution in [3.8, 4) is 5.75 Å². The fourth-order valence-electron chi connectivity index (χ4n) is 3.21. The van der Waals surface area contributed by atoms with Crippen molar-refractivity contribution in [2.45, 2.75) is 19.8 Å². The molecule has 2 saturated heterocycles. The Bertz CT molecular complexity index is 616. The molecule has 0 aliphatic carbocycles. The molecule has 0 saturated carbocycles. The van der Waals surface area contributed by atoms with E-state index >= 15 is 0 Å². The molecule has 0 spiro atoms. The molecule has 1 aromatic carbocycles. The average molecular weight is 361 g/mol. The van der Waals surface area contributed by atoms with Crippen LogP contribution < -0.4 is 10.1 Å². The minimum atomic E-state index is -0.367. The first-order valence-electron chi connectivity index (χ1n) is 9.18. The Morgan fingerprint density at radius 3 is 2.62 bits per heavy atom. The van der Waals surface area contributed by atoms with Gasteiger partial charge in [-0.25, -0.2) is 9.59 Å². The van der Waals surface area contributed by atoms with Gasteiger partial charge in [0.25, 0.3) is 0 Å². The maximum Gasteiger partial charge on any atom is 0.415 e. The van der Waals surface area contributed by atoms with Crippen LogP contribution in [-0.4, -0.2) is 67.9 Å². The molecule has 0 unspecified atom stereocenters. The van der Waals surface area contributed by atoms with E-state index in [0.29, 0.717) is 45.1 Å². The molecule has 7 nitrogen and oxygen atoms in total. The van der Waals surface area contributed by atoms with Gasteiger partial charge in [-0.1, -0.05) is 25.1 Å². The zero-order chi connectivity index (χ0) is 18.4. The molecule has 2 fully saturated rings. The van der Waals surface area contributed by atoms with Gasteiger partial charge in [-0.2, -0.15) is 0 Å². The maximum atomic E-state index is 12.5. The van der Waals surface area contributed by atoms with E-state index in [1.54, 1.807) is 21.9 Å². The van der Waals surface area contributed by atoms with Crippen molar-refractivity contribution in [3.63, 3.8) is 0 Å². The van der Waals surface area contributed by atoms with Gasteiger partial charge in [0.1, 0.15) is 5.75 Å². The van der Waals surface area contributed by atoms with Gasteiger partial charge in [-0.15, -0.1) is 0 Å². The van der Waals surface area contributed by atoms with Crippen molar-refractivity contribution in [2.75, 3.05) is 45.9 Å². The molecule has 0 bridgehead atoms. The molecular formula is C19H27N3O4. The number of carbonyl (C=O) groups is 2. The van der Waals surface area contributed by atoms with E-state index in [4.69, 9.17) is 9.47 Å². The van der Waals surface area contributed by atoms with E-state index in [0.717, 1.165) is 19.4 Å². The van der Waals surface area contributed by atoms with Crippen molar-refractivity contribution < 1.29 is 19.1 Å². The van der Waals surface area contributed by atoms with Gasteiger partial charge in [-0.05, 0) is 25.0 Å². The molecule has 2 aliphatic heterocycles. The van der Waals surface area contributed by atoms with E-state index in [1.807, 2.05) is 18.2 Å². The number of nitrogens with one attached hydrogen (secondary N) is 1. The summed E-state index contributed by atoms with van der Waals surface area (Å²) < 4.78 is 10.8. The quantitative estimate of drug-likeness (QED) is 0.897. The van der Waals surface area contributed by atoms with Gasteiger partial charge < -0.3 is 24.6 Å². The van der Waals surface area contributed by atoms with Crippen molar-refractivity contribution in [1.29, 1.82) is 0 Å². The largest absolute Gasteiger partial charge is 0.415 e. The predicted octanol–water partition coefficient (Wildman–Crippen LogP) is 2.33. The van der Waals surface area contributed by atoms with Crippen LogP contribution in [-0.2, 0) is 4.74 Å². The second-order valence-corrected chi connectivity index (χ2v) is 7.28. The Morgan fingerprint density at radius 1 is 1.15 bits per heavy atom. The van der Waals surface area contributed by atoms with Gasteiger partial charge in [0.05, 0.1) is 6.61 Å². The van der Waals surface area contributed by atoms with Gasteiger partial charge >= 0.3 is 12.1 Å². The number of nitrogens with zero attached hydrogens (tertiary/aromatic N) is 2. The van der Waals surface area contributed by atoms with Crippen molar-refractivity contribution >= 4 is 12.1 Å². The number of hydrogen-bond acceptors (Lipinski definition) is 4. The molecular weight excluding hydrogens is 334 g/mol. The van der Waals surface area contributed by atoms with Crippen LogP contribution in [0.3, 0.4) is 0 Å². The van der Waals surface area contributed by atoms with Crippen LogP contribution >= 0.6 is 0 Å². The number of benzene rings is 1. The van der Waals surface area contributed by atoms with Crippen molar-refractivity contribution in [1.82, 2.24) is 15.1 Å². The first-order chi connectivity index (χ1) is 12.6. The van der Waals surface area contributed by atoms with E-state index < -0.39 is 0 Å². The summed E-state index contributed by atoms with van der Waals surface area (Å²) in [5, 5.41) is 3.02. The Labute approximate surface area is 154 Å². The summed E-state index contributed by atoms with van der Waals surface area (Å²) in [7, 11) is 0. The summed E-state index contributed by atoms with van der Waals surface area (Å²) in [6.45, 7) is 6.38. The monoisotopic (exact) mass is 361 g/mol. The first-order valence-corrected chi connectivity index (χ1v) is 9.18. The number of ether oxygens (including phenoxy) is 2. The fourth-order valence-corrected chi connectivity index (χ4v) is 3.21. The predicted molar refractivity (Wildman–Crippen MR) is 97.2 cm³/mol. The Hall–Kier alpha value is -2.28. The molecule has 26 heavy (non-hydrogen) atoms. The van der Waals surface area contributed by atoms with E-state index in [1.165, 1.54) is 0 Å². The Morgan fingerprint density at radius 2 is 1.88 bits per heavy atom. The molecule has 0 aromatic heterocycles. The summed E-state index contributed by atoms with van der Waals surface area (Å²) in [6.07, 6.45) is 1.33. The number of amides is 3. The first kappa shape index (κ1) is 18.5. The van der Waals surface area contributed by atoms with Crippen LogP contribution in [0.4, 0.5) is 9.59 Å². The average Bonchev–Trinajstić information content (AvgIpc) is 2.93. The van der Waals surface area contributed by atoms with Crippen molar-refractivity contribution in [2.24, 2.45) is 5.41 Å². The highest BCUT2D eigenvalue weighted by molar-refractivity contribution is 5.75. The van der Waals surface area contributed by atoms with Crippen LogP contribution in [0, 0.1) is 5.41 Å². The molecule has 1 atom stereocenters. The number of carbonyl (C=O) groups excluding carboxylic acids is 2. The standard InChI is InChI=1S/C19H27N3O4/c1-19(8-13-25-15-19)14-20-17(23)21-9-5-10-22(12-11-21)18(24)26-16-6-3-2-4-7-16/h2-4,6-7H,5,8-15H2,1H3,(H,20,23)/t19-/m1/s1. The topological polar surface area (TPSA) is 71.1 Å². The molecule has 142 valence electrons. The molecule has 3 rings (SSSR count). The van der Waals surface area contributed by atoms with E-state index in [9.17, 15) is 9.59 Å². The lowest BCUT2D eigenvalue weighted by atomic mass is 9.90. The van der Waals surface area contributed by atoms with Gasteiger partial charge in [0, 0.05) is 44.7 Å². The third-order valence-corrected chi connectivity index (χ3v) is 4.96. The van der Waals surface area contributed by atoms with Crippen LogP contribution in [0.1, 0.15) is 19.8 Å². The lowest BCUT2D eigenvalue weighted by Gasteiger charge is -2.26. The Balaban J connectivity index is 1.46. The van der Waals surface area contributed by atoms with Crippen LogP contribution in [0.15, 0.2) is 30.3 Å². The maximum absolute atomic E-state index is 12.5. The minimum absolute atomic E-state index is 0.0209. The Kier molecular flexibility index (Phi) is 5.98. The van der Waals surface area contributed by atoms with E-state index in [2.05, 4.69) is 12.2 Å². The molecule has 2 aliphatic rings. The summed E-state index contributed by atoms with van der Waals surface area (Å²) in [6, 6.07) is 8.96. The zero-order valence-electron chi connectivity index (χ0n) is 15.3. The molecule has 1 N–H and O–H groups in total. The smallest absolute Gasteiger partial charge is 0.410 e. The number of rotatable bonds is 3. The second-order valence-electron chi connectivity index (χ2n) is 7.28. The number of hydrogen-bond donors (Lipinski definition) is 1. The lowest BCUT2D eigenvalue weighted by Crippen LogP contribution is -2.46. The zero-order valence-corrected chi connectivity index (χ0v) is 15.3. The summed E-state index contributed by atoms with van der Waals surface area (Å²) in [5.74, 6) is 0.531. The van der Waals surface area contributed by atoms with Gasteiger partial charge in [0.15, 0.2) is 0 Å². The normalized spacial score (nSPS) is 23.4. The molecule has 2 heterocycles. The van der Waals surface area contributed by atoms with Crippen LogP contribution in [0.5, 0.6) is 5.75 Å². The number of urea groups is 1. The molecule has 7 heteroatoms. The van der Waals surface area contributed by atoms with Gasteiger partial charge in [-0.3, -0.25) is 0 Å². The van der Waals surface area contributed by atoms with Gasteiger partial charge in [0.2, 0.25) is 0 Å². The van der Waals surface area contributed by atoms with Crippen molar-refractivity contribution in [3.05, 3.63) is 30.3 Å². The third kappa shape index (κ3) is 4.88. The third-order valence-electron chi connectivity index (χ3n) is 4.96. The molecule has 3 amide bonds. The highest BCUT2D eigenvalue weighted by atomic mass is 16.6. The minimum Gasteiger partial charge on any atom is -0.410 e. The summed E-state index contributed by atoms with van der Waals surface area (Å²) in [5.41, 5.74) is 0.0209. The summed E-state index contributed by atoms with van der Waals surface area (Å²) in [4.78, 5) is 28.2. The number of para-hydroxylation sites is 1. The SMILES string of the molecule is C[C@]1(CNC(=O)N2CCCN(C(=O)Oc3ccccc3)CC2)CCOC1. The summed E-state index contributed by atoms with van der Waals surface area (Å²) >= 11 is 0. The fraction of sp³-hybridized carbons (Fsp3) is 0.579. The van der Waals surface area contributed by atoms with E-state index in [-0.39, 0.29) is 17.5 Å². The molecule has 1 aromatic rings.